The molecule has 182 valence electrons. The molecule has 0 saturated carbocycles. The number of aromatic amines is 1. The molecular weight excluding hydrogens is 453 g/mol. The lowest BCUT2D eigenvalue weighted by molar-refractivity contribution is -0.166. The van der Waals surface area contributed by atoms with Crippen molar-refractivity contribution in [3.8, 4) is 0 Å². The molecule has 36 heavy (non-hydrogen) atoms. The minimum atomic E-state index is -1.13. The van der Waals surface area contributed by atoms with Gasteiger partial charge in [0.05, 0.1) is 12.2 Å². The second-order valence-electron chi connectivity index (χ2n) is 10.1. The van der Waals surface area contributed by atoms with Crippen molar-refractivity contribution in [1.29, 1.82) is 0 Å². The SMILES string of the molecule is Cc1ccc(C2CN3C(=O)CN(CCc4cccc(F)c4)C(=O)[C@]3(C)c3[nH]c4ccccc4c32)cc1. The monoisotopic (exact) mass is 481 g/mol. The molecule has 2 atom stereocenters. The van der Waals surface area contributed by atoms with Gasteiger partial charge in [-0.05, 0) is 55.2 Å². The minimum Gasteiger partial charge on any atom is -0.356 e. The highest BCUT2D eigenvalue weighted by Crippen LogP contribution is 2.48. The van der Waals surface area contributed by atoms with Crippen molar-refractivity contribution in [2.45, 2.75) is 31.7 Å². The number of benzene rings is 3. The number of aryl methyl sites for hydroxylation is 1. The van der Waals surface area contributed by atoms with Gasteiger partial charge >= 0.3 is 0 Å². The van der Waals surface area contributed by atoms with E-state index in [1.165, 1.54) is 17.7 Å². The quantitative estimate of drug-likeness (QED) is 0.451. The molecule has 1 fully saturated rings. The van der Waals surface area contributed by atoms with Gasteiger partial charge in [-0.1, -0.05) is 60.2 Å². The number of piperazine rings is 1. The Morgan fingerprint density at radius 3 is 2.58 bits per heavy atom. The van der Waals surface area contributed by atoms with E-state index in [9.17, 15) is 14.0 Å². The largest absolute Gasteiger partial charge is 0.356 e. The topological polar surface area (TPSA) is 56.4 Å². The summed E-state index contributed by atoms with van der Waals surface area (Å²) in [7, 11) is 0. The molecule has 1 unspecified atom stereocenters. The Bertz CT molecular complexity index is 1490. The molecule has 0 radical (unpaired) electrons. The Morgan fingerprint density at radius 2 is 1.81 bits per heavy atom. The van der Waals surface area contributed by atoms with Crippen LogP contribution in [0.4, 0.5) is 4.39 Å². The standard InChI is InChI=1S/C30H28FN3O2/c1-19-10-12-21(13-11-19)24-17-34-26(35)18-33(15-14-20-6-5-7-22(31)16-20)29(36)30(34,2)28-27(24)23-8-3-4-9-25(23)32-28/h3-13,16,24,32H,14-15,17-18H2,1-2H3/t24?,30-/m0/s1. The second-order valence-corrected chi connectivity index (χ2v) is 10.1. The lowest BCUT2D eigenvalue weighted by Gasteiger charge is -2.51. The van der Waals surface area contributed by atoms with E-state index in [4.69, 9.17) is 0 Å². The number of nitrogens with one attached hydrogen (secondary N) is 1. The maximum Gasteiger partial charge on any atom is 0.254 e. The molecule has 3 heterocycles. The fraction of sp³-hybridized carbons (Fsp3) is 0.267. The zero-order valence-electron chi connectivity index (χ0n) is 20.4. The van der Waals surface area contributed by atoms with Gasteiger partial charge in [-0.25, -0.2) is 4.39 Å². The highest BCUT2D eigenvalue weighted by atomic mass is 19.1. The van der Waals surface area contributed by atoms with Gasteiger partial charge in [0.2, 0.25) is 5.91 Å². The molecular formula is C30H28FN3O2. The van der Waals surface area contributed by atoms with Gasteiger partial charge in [0.1, 0.15) is 5.82 Å². The molecule has 2 aliphatic rings. The van der Waals surface area contributed by atoms with Crippen molar-refractivity contribution in [1.82, 2.24) is 14.8 Å². The van der Waals surface area contributed by atoms with Crippen LogP contribution in [0.15, 0.2) is 72.8 Å². The number of fused-ring (bicyclic) bond motifs is 5. The van der Waals surface area contributed by atoms with Gasteiger partial charge in [-0.3, -0.25) is 9.59 Å². The normalized spacial score (nSPS) is 21.6. The van der Waals surface area contributed by atoms with Crippen molar-refractivity contribution in [2.75, 3.05) is 19.6 Å². The molecule has 4 aromatic rings. The minimum absolute atomic E-state index is 0.0277. The molecule has 1 aromatic heterocycles. The van der Waals surface area contributed by atoms with Gasteiger partial charge in [0.15, 0.2) is 5.54 Å². The first kappa shape index (κ1) is 22.5. The number of carbonyl (C=O) groups excluding carboxylic acids is 2. The molecule has 0 bridgehead atoms. The number of hydrogen-bond acceptors (Lipinski definition) is 2. The van der Waals surface area contributed by atoms with Gasteiger partial charge < -0.3 is 14.8 Å². The maximum absolute atomic E-state index is 14.1. The van der Waals surface area contributed by atoms with Crippen molar-refractivity contribution in [2.24, 2.45) is 0 Å². The fourth-order valence-electron chi connectivity index (χ4n) is 5.91. The van der Waals surface area contributed by atoms with Crippen LogP contribution < -0.4 is 0 Å². The van der Waals surface area contributed by atoms with Crippen molar-refractivity contribution in [3.05, 3.63) is 107 Å². The molecule has 6 rings (SSSR count). The first-order valence-corrected chi connectivity index (χ1v) is 12.4. The van der Waals surface area contributed by atoms with Crippen LogP contribution in [0.25, 0.3) is 10.9 Å². The number of carbonyl (C=O) groups is 2. The Morgan fingerprint density at radius 1 is 1.03 bits per heavy atom. The number of H-pyrrole nitrogens is 1. The van der Waals surface area contributed by atoms with E-state index in [2.05, 4.69) is 42.2 Å². The van der Waals surface area contributed by atoms with Crippen LogP contribution in [0.1, 0.15) is 40.8 Å². The Labute approximate surface area is 209 Å². The Hall–Kier alpha value is -3.93. The van der Waals surface area contributed by atoms with Crippen molar-refractivity contribution in [3.63, 3.8) is 0 Å². The van der Waals surface area contributed by atoms with E-state index in [1.54, 1.807) is 15.9 Å². The molecule has 1 saturated heterocycles. The number of halogens is 1. The number of aromatic nitrogens is 1. The summed E-state index contributed by atoms with van der Waals surface area (Å²) in [6.07, 6.45) is 0.485. The van der Waals surface area contributed by atoms with E-state index in [-0.39, 0.29) is 30.1 Å². The number of para-hydroxylation sites is 1. The summed E-state index contributed by atoms with van der Waals surface area (Å²) in [5.41, 5.74) is 4.80. The van der Waals surface area contributed by atoms with E-state index in [1.807, 2.05) is 31.2 Å². The predicted octanol–water partition coefficient (Wildman–Crippen LogP) is 4.89. The molecule has 2 aliphatic heterocycles. The summed E-state index contributed by atoms with van der Waals surface area (Å²) in [6, 6.07) is 22.9. The van der Waals surface area contributed by atoms with Crippen LogP contribution in [-0.2, 0) is 21.5 Å². The number of rotatable bonds is 4. The number of hydrogen-bond donors (Lipinski definition) is 1. The smallest absolute Gasteiger partial charge is 0.254 e. The van der Waals surface area contributed by atoms with Gasteiger partial charge in [0, 0.05) is 29.9 Å². The Kier molecular flexibility index (Phi) is 5.21. The van der Waals surface area contributed by atoms with E-state index in [0.717, 1.165) is 33.3 Å². The van der Waals surface area contributed by atoms with Crippen LogP contribution in [0.3, 0.4) is 0 Å². The fourth-order valence-corrected chi connectivity index (χ4v) is 5.91. The van der Waals surface area contributed by atoms with Gasteiger partial charge in [-0.2, -0.15) is 0 Å². The second kappa shape index (κ2) is 8.33. The third-order valence-corrected chi connectivity index (χ3v) is 7.86. The average molecular weight is 482 g/mol. The summed E-state index contributed by atoms with van der Waals surface area (Å²) < 4.78 is 13.7. The highest BCUT2D eigenvalue weighted by Gasteiger charge is 2.56. The third-order valence-electron chi connectivity index (χ3n) is 7.86. The lowest BCUT2D eigenvalue weighted by atomic mass is 9.76. The summed E-state index contributed by atoms with van der Waals surface area (Å²) in [5.74, 6) is -0.518. The first-order valence-electron chi connectivity index (χ1n) is 12.4. The molecule has 3 aromatic carbocycles. The lowest BCUT2D eigenvalue weighted by Crippen LogP contribution is -2.67. The van der Waals surface area contributed by atoms with Crippen molar-refractivity contribution >= 4 is 22.7 Å². The predicted molar refractivity (Wildman–Crippen MR) is 137 cm³/mol. The molecule has 2 amide bonds. The van der Waals surface area contributed by atoms with E-state index < -0.39 is 5.54 Å². The van der Waals surface area contributed by atoms with Gasteiger partial charge in [-0.15, -0.1) is 0 Å². The molecule has 6 heteroatoms. The Balaban J connectivity index is 1.43. The van der Waals surface area contributed by atoms with Crippen LogP contribution in [0.5, 0.6) is 0 Å². The highest BCUT2D eigenvalue weighted by molar-refractivity contribution is 6.01. The van der Waals surface area contributed by atoms with Crippen LogP contribution in [0.2, 0.25) is 0 Å². The number of nitrogens with zero attached hydrogens (tertiary/aromatic N) is 2. The maximum atomic E-state index is 14.1. The molecule has 1 N–H and O–H groups in total. The van der Waals surface area contributed by atoms with Gasteiger partial charge in [0.25, 0.3) is 5.91 Å². The van der Waals surface area contributed by atoms with Crippen molar-refractivity contribution < 1.29 is 14.0 Å². The van der Waals surface area contributed by atoms with E-state index >= 15 is 0 Å². The number of amides is 2. The third kappa shape index (κ3) is 3.43. The summed E-state index contributed by atoms with van der Waals surface area (Å²) in [4.78, 5) is 34.6. The first-order chi connectivity index (χ1) is 17.4. The van der Waals surface area contributed by atoms with Crippen LogP contribution in [0, 0.1) is 12.7 Å². The summed E-state index contributed by atoms with van der Waals surface area (Å²) >= 11 is 0. The van der Waals surface area contributed by atoms with Crippen LogP contribution >= 0.6 is 0 Å². The summed E-state index contributed by atoms with van der Waals surface area (Å²) in [5, 5.41) is 1.08. The van der Waals surface area contributed by atoms with Crippen LogP contribution in [-0.4, -0.2) is 46.2 Å². The molecule has 5 nitrogen and oxygen atoms in total. The molecule has 0 aliphatic carbocycles. The summed E-state index contributed by atoms with van der Waals surface area (Å²) in [6.45, 7) is 4.75. The average Bonchev–Trinajstić information content (AvgIpc) is 3.27. The van der Waals surface area contributed by atoms with E-state index in [0.29, 0.717) is 19.5 Å². The molecule has 0 spiro atoms. The zero-order chi connectivity index (χ0) is 25.0. The zero-order valence-corrected chi connectivity index (χ0v) is 20.4.